The third kappa shape index (κ3) is 3.94. The highest BCUT2D eigenvalue weighted by Gasteiger charge is 2.27. The number of nitrogens with one attached hydrogen (secondary N) is 1. The monoisotopic (exact) mass is 398 g/mol. The molecule has 9 nitrogen and oxygen atoms in total. The van der Waals surface area contributed by atoms with Gasteiger partial charge in [0.25, 0.3) is 5.91 Å². The molecule has 0 bridgehead atoms. The van der Waals surface area contributed by atoms with Crippen molar-refractivity contribution in [3.05, 3.63) is 53.5 Å². The van der Waals surface area contributed by atoms with Gasteiger partial charge in [0, 0.05) is 25.3 Å². The van der Waals surface area contributed by atoms with Crippen LogP contribution in [0.1, 0.15) is 28.9 Å². The topological polar surface area (TPSA) is 102 Å². The van der Waals surface area contributed by atoms with Crippen molar-refractivity contribution in [3.63, 3.8) is 0 Å². The Morgan fingerprint density at radius 3 is 2.75 bits per heavy atom. The summed E-state index contributed by atoms with van der Waals surface area (Å²) in [5.41, 5.74) is 1.85. The lowest BCUT2D eigenvalue weighted by molar-refractivity contribution is 0.0708. The third-order valence-corrected chi connectivity index (χ3v) is 4.72. The second kappa shape index (κ2) is 7.89. The zero-order valence-electron chi connectivity index (χ0n) is 15.3. The van der Waals surface area contributed by atoms with E-state index in [1.807, 2.05) is 13.0 Å². The molecule has 0 saturated carbocycles. The molecule has 1 fully saturated rings. The predicted octanol–water partition coefficient (Wildman–Crippen LogP) is 2.13. The third-order valence-electron chi connectivity index (χ3n) is 4.52. The minimum absolute atomic E-state index is 0.0740. The van der Waals surface area contributed by atoms with Crippen molar-refractivity contribution in [1.29, 1.82) is 0 Å². The van der Waals surface area contributed by atoms with E-state index < -0.39 is 0 Å². The highest BCUT2D eigenvalue weighted by atomic mass is 35.5. The summed E-state index contributed by atoms with van der Waals surface area (Å²) in [5.74, 6) is 0.500. The minimum atomic E-state index is -0.138. The first-order valence-corrected chi connectivity index (χ1v) is 9.34. The van der Waals surface area contributed by atoms with Crippen LogP contribution in [0.2, 0.25) is 5.15 Å². The molecule has 4 rings (SSSR count). The maximum absolute atomic E-state index is 13.2. The van der Waals surface area contributed by atoms with Gasteiger partial charge < -0.3 is 10.2 Å². The van der Waals surface area contributed by atoms with Crippen LogP contribution in [0.5, 0.6) is 0 Å². The number of anilines is 1. The van der Waals surface area contributed by atoms with Crippen molar-refractivity contribution in [2.24, 2.45) is 0 Å². The zero-order valence-corrected chi connectivity index (χ0v) is 16.0. The van der Waals surface area contributed by atoms with Crippen LogP contribution in [-0.2, 0) is 0 Å². The molecular formula is C18H19ClN8O. The predicted molar refractivity (Wildman–Crippen MR) is 103 cm³/mol. The van der Waals surface area contributed by atoms with Gasteiger partial charge in [-0.05, 0) is 31.4 Å². The molecule has 1 amide bonds. The molecule has 28 heavy (non-hydrogen) atoms. The summed E-state index contributed by atoms with van der Waals surface area (Å²) in [6.45, 7) is 3.14. The smallest absolute Gasteiger partial charge is 0.274 e. The first-order chi connectivity index (χ1) is 13.6. The number of carbonyl (C=O) groups is 1. The molecule has 1 aliphatic heterocycles. The lowest BCUT2D eigenvalue weighted by Crippen LogP contribution is -2.45. The lowest BCUT2D eigenvalue weighted by Gasteiger charge is -2.33. The van der Waals surface area contributed by atoms with Gasteiger partial charge in [-0.15, -0.1) is 4.80 Å². The van der Waals surface area contributed by atoms with Crippen LogP contribution in [0, 0.1) is 6.92 Å². The highest BCUT2D eigenvalue weighted by molar-refractivity contribution is 6.29. The van der Waals surface area contributed by atoms with Crippen molar-refractivity contribution >= 4 is 23.3 Å². The summed E-state index contributed by atoms with van der Waals surface area (Å²) < 4.78 is 0. The Morgan fingerprint density at radius 2 is 2.00 bits per heavy atom. The summed E-state index contributed by atoms with van der Waals surface area (Å²) in [4.78, 5) is 29.0. The summed E-state index contributed by atoms with van der Waals surface area (Å²) >= 11 is 5.78. The Hall–Kier alpha value is -3.07. The van der Waals surface area contributed by atoms with E-state index in [9.17, 15) is 4.79 Å². The first-order valence-electron chi connectivity index (χ1n) is 8.97. The fourth-order valence-corrected chi connectivity index (χ4v) is 3.33. The van der Waals surface area contributed by atoms with Crippen LogP contribution in [0.3, 0.4) is 0 Å². The van der Waals surface area contributed by atoms with Crippen molar-refractivity contribution in [2.75, 3.05) is 18.4 Å². The quantitative estimate of drug-likeness (QED) is 0.718. The molecule has 0 aliphatic carbocycles. The second-order valence-electron chi connectivity index (χ2n) is 6.66. The van der Waals surface area contributed by atoms with Gasteiger partial charge >= 0.3 is 0 Å². The van der Waals surface area contributed by atoms with Gasteiger partial charge in [-0.3, -0.25) is 4.79 Å². The number of hydrogen-bond acceptors (Lipinski definition) is 7. The molecule has 0 radical (unpaired) electrons. The normalized spacial score (nSPS) is 16.8. The van der Waals surface area contributed by atoms with Crippen LogP contribution in [0.4, 0.5) is 5.82 Å². The van der Waals surface area contributed by atoms with Gasteiger partial charge in [0.2, 0.25) is 0 Å². The minimum Gasteiger partial charge on any atom is -0.364 e. The Balaban J connectivity index is 1.53. The van der Waals surface area contributed by atoms with E-state index >= 15 is 0 Å². The summed E-state index contributed by atoms with van der Waals surface area (Å²) in [5, 5.41) is 12.0. The van der Waals surface area contributed by atoms with Gasteiger partial charge in [-0.1, -0.05) is 11.6 Å². The van der Waals surface area contributed by atoms with E-state index in [4.69, 9.17) is 11.6 Å². The van der Waals surface area contributed by atoms with Gasteiger partial charge in [0.15, 0.2) is 5.69 Å². The highest BCUT2D eigenvalue weighted by Crippen LogP contribution is 2.20. The fourth-order valence-electron chi connectivity index (χ4n) is 3.24. The zero-order chi connectivity index (χ0) is 19.5. The Kier molecular flexibility index (Phi) is 5.16. The SMILES string of the molecule is Cc1cnc(C(=O)N2CCCC(Nc3cnc(Cl)cn3)C2)c(-n2nccn2)c1. The largest absolute Gasteiger partial charge is 0.364 e. The Morgan fingerprint density at radius 1 is 1.18 bits per heavy atom. The molecule has 3 aromatic rings. The molecule has 10 heteroatoms. The Labute approximate surface area is 166 Å². The molecule has 4 heterocycles. The first kappa shape index (κ1) is 18.3. The number of pyridine rings is 1. The standard InChI is InChI=1S/C18H19ClN8O/c1-12-7-14(27-23-4-5-24-27)17(22-8-12)18(28)26-6-2-3-13(11-26)25-16-10-20-15(19)9-21-16/h4-5,7-10,13H,2-3,6,11H2,1H3,(H,21,25). The van der Waals surface area contributed by atoms with Crippen LogP contribution < -0.4 is 5.32 Å². The second-order valence-corrected chi connectivity index (χ2v) is 7.05. The number of carbonyl (C=O) groups excluding carboxylic acids is 1. The molecule has 3 aromatic heterocycles. The van der Waals surface area contributed by atoms with E-state index in [0.29, 0.717) is 35.4 Å². The number of likely N-dealkylation sites (tertiary alicyclic amines) is 1. The molecule has 1 saturated heterocycles. The van der Waals surface area contributed by atoms with E-state index in [0.717, 1.165) is 18.4 Å². The van der Waals surface area contributed by atoms with Crippen molar-refractivity contribution in [1.82, 2.24) is 34.8 Å². The van der Waals surface area contributed by atoms with E-state index in [1.165, 1.54) is 11.0 Å². The maximum Gasteiger partial charge on any atom is 0.274 e. The number of aromatic nitrogens is 6. The number of amides is 1. The number of rotatable bonds is 4. The number of aryl methyl sites for hydroxylation is 1. The fraction of sp³-hybridized carbons (Fsp3) is 0.333. The van der Waals surface area contributed by atoms with Crippen molar-refractivity contribution in [3.8, 4) is 5.69 Å². The van der Waals surface area contributed by atoms with E-state index in [2.05, 4.69) is 30.5 Å². The van der Waals surface area contributed by atoms with Crippen LogP contribution >= 0.6 is 11.6 Å². The number of piperidine rings is 1. The number of nitrogens with zero attached hydrogens (tertiary/aromatic N) is 7. The van der Waals surface area contributed by atoms with Crippen LogP contribution in [0.15, 0.2) is 37.1 Å². The van der Waals surface area contributed by atoms with Crippen LogP contribution in [-0.4, -0.2) is 59.9 Å². The molecule has 1 unspecified atom stereocenters. The van der Waals surface area contributed by atoms with Gasteiger partial charge in [-0.2, -0.15) is 10.2 Å². The summed E-state index contributed by atoms with van der Waals surface area (Å²) in [7, 11) is 0. The van der Waals surface area contributed by atoms with Crippen LogP contribution in [0.25, 0.3) is 5.69 Å². The van der Waals surface area contributed by atoms with Crippen molar-refractivity contribution < 1.29 is 4.79 Å². The van der Waals surface area contributed by atoms with Gasteiger partial charge in [0.1, 0.15) is 16.7 Å². The molecule has 0 spiro atoms. The molecule has 1 N–H and O–H groups in total. The average molecular weight is 399 g/mol. The molecule has 144 valence electrons. The molecular weight excluding hydrogens is 380 g/mol. The van der Waals surface area contributed by atoms with E-state index in [1.54, 1.807) is 29.7 Å². The summed E-state index contributed by atoms with van der Waals surface area (Å²) in [6.07, 6.45) is 9.73. The maximum atomic E-state index is 13.2. The Bertz CT molecular complexity index is 960. The van der Waals surface area contributed by atoms with Gasteiger partial charge in [-0.25, -0.2) is 15.0 Å². The van der Waals surface area contributed by atoms with Gasteiger partial charge in [0.05, 0.1) is 24.8 Å². The molecule has 1 aliphatic rings. The number of hydrogen-bond donors (Lipinski definition) is 1. The van der Waals surface area contributed by atoms with E-state index in [-0.39, 0.29) is 11.9 Å². The summed E-state index contributed by atoms with van der Waals surface area (Å²) in [6, 6.07) is 1.94. The molecule has 0 aromatic carbocycles. The lowest BCUT2D eigenvalue weighted by atomic mass is 10.0. The van der Waals surface area contributed by atoms with Crippen molar-refractivity contribution in [2.45, 2.75) is 25.8 Å². The average Bonchev–Trinajstić information content (AvgIpc) is 3.24. The molecule has 1 atom stereocenters. The number of halogens is 1.